The van der Waals surface area contributed by atoms with Crippen molar-refractivity contribution in [3.8, 4) is 0 Å². The van der Waals surface area contributed by atoms with Gasteiger partial charge in [0.15, 0.2) is 0 Å². The number of benzene rings is 1. The van der Waals surface area contributed by atoms with E-state index in [4.69, 9.17) is 0 Å². The van der Waals surface area contributed by atoms with E-state index in [2.05, 4.69) is 72.0 Å². The van der Waals surface area contributed by atoms with Crippen LogP contribution in [0.5, 0.6) is 0 Å². The third kappa shape index (κ3) is 3.98. The van der Waals surface area contributed by atoms with Crippen LogP contribution in [0.2, 0.25) is 0 Å². The maximum absolute atomic E-state index is 3.63. The zero-order valence-electron chi connectivity index (χ0n) is 13.1. The Bertz CT molecular complexity index is 445. The first-order chi connectivity index (χ1) is 9.47. The van der Waals surface area contributed by atoms with Gasteiger partial charge in [0.05, 0.1) is 0 Å². The van der Waals surface area contributed by atoms with Gasteiger partial charge in [-0.3, -0.25) is 0 Å². The topological polar surface area (TPSA) is 15.3 Å². The van der Waals surface area contributed by atoms with E-state index in [-0.39, 0.29) is 0 Å². The molecular weight excluding hydrogens is 312 g/mol. The van der Waals surface area contributed by atoms with Crippen molar-refractivity contribution in [1.29, 1.82) is 0 Å². The Hall–Kier alpha value is -0.540. The normalized spacial score (nSPS) is 23.4. The third-order valence-electron chi connectivity index (χ3n) is 4.18. The molecule has 3 heteroatoms. The van der Waals surface area contributed by atoms with Crippen LogP contribution in [0.25, 0.3) is 0 Å². The number of hydrogen-bond donors (Lipinski definition) is 1. The van der Waals surface area contributed by atoms with Crippen LogP contribution < -0.4 is 10.2 Å². The quantitative estimate of drug-likeness (QED) is 0.864. The molecule has 0 amide bonds. The second-order valence-electron chi connectivity index (χ2n) is 6.49. The maximum atomic E-state index is 3.63. The Morgan fingerprint density at radius 2 is 2.05 bits per heavy atom. The summed E-state index contributed by atoms with van der Waals surface area (Å²) in [5.41, 5.74) is 2.80. The Labute approximate surface area is 132 Å². The van der Waals surface area contributed by atoms with Crippen LogP contribution in [0.15, 0.2) is 22.7 Å². The molecule has 2 unspecified atom stereocenters. The van der Waals surface area contributed by atoms with Crippen LogP contribution in [0.3, 0.4) is 0 Å². The molecule has 2 rings (SSSR count). The Balaban J connectivity index is 2.25. The molecule has 1 aliphatic rings. The van der Waals surface area contributed by atoms with E-state index in [1.54, 1.807) is 0 Å². The Morgan fingerprint density at radius 3 is 2.75 bits per heavy atom. The minimum atomic E-state index is 0.518. The smallest absolute Gasteiger partial charge is 0.0425 e. The summed E-state index contributed by atoms with van der Waals surface area (Å²) < 4.78 is 1.17. The fourth-order valence-electron chi connectivity index (χ4n) is 2.89. The molecule has 0 saturated carbocycles. The van der Waals surface area contributed by atoms with Crippen LogP contribution in [0.1, 0.15) is 46.1 Å². The molecule has 1 saturated heterocycles. The van der Waals surface area contributed by atoms with Crippen molar-refractivity contribution in [2.75, 3.05) is 11.4 Å². The van der Waals surface area contributed by atoms with Crippen LogP contribution in [0.4, 0.5) is 5.69 Å². The van der Waals surface area contributed by atoms with Gasteiger partial charge in [-0.2, -0.15) is 0 Å². The lowest BCUT2D eigenvalue weighted by molar-refractivity contribution is 0.389. The fourth-order valence-corrected chi connectivity index (χ4v) is 3.24. The maximum Gasteiger partial charge on any atom is 0.0425 e. The van der Waals surface area contributed by atoms with Crippen molar-refractivity contribution in [2.24, 2.45) is 5.92 Å². The van der Waals surface area contributed by atoms with Crippen molar-refractivity contribution < 1.29 is 0 Å². The lowest BCUT2D eigenvalue weighted by Gasteiger charge is -2.40. The molecule has 2 atom stereocenters. The predicted molar refractivity (Wildman–Crippen MR) is 91.3 cm³/mol. The van der Waals surface area contributed by atoms with Crippen molar-refractivity contribution in [3.05, 3.63) is 28.2 Å². The standard InChI is InChI=1S/C17H27BrN2/c1-12(2)19-10-15-7-8-16(18)9-17(15)20-11-13(3)5-6-14(20)4/h7-9,12-14,19H,5-6,10-11H2,1-4H3. The van der Waals surface area contributed by atoms with Gasteiger partial charge in [-0.1, -0.05) is 42.8 Å². The molecule has 1 aliphatic heterocycles. The highest BCUT2D eigenvalue weighted by Gasteiger charge is 2.24. The van der Waals surface area contributed by atoms with Gasteiger partial charge in [-0.25, -0.2) is 0 Å². The molecule has 0 aromatic heterocycles. The van der Waals surface area contributed by atoms with E-state index in [1.807, 2.05) is 0 Å². The number of nitrogens with zero attached hydrogens (tertiary/aromatic N) is 1. The third-order valence-corrected chi connectivity index (χ3v) is 4.67. The second-order valence-corrected chi connectivity index (χ2v) is 7.41. The molecular formula is C17H27BrN2. The van der Waals surface area contributed by atoms with Crippen LogP contribution in [0, 0.1) is 5.92 Å². The van der Waals surface area contributed by atoms with Crippen molar-refractivity contribution in [2.45, 2.75) is 59.2 Å². The Kier molecular flexibility index (Phi) is 5.50. The minimum absolute atomic E-state index is 0.518. The molecule has 0 radical (unpaired) electrons. The highest BCUT2D eigenvalue weighted by atomic mass is 79.9. The number of halogens is 1. The highest BCUT2D eigenvalue weighted by Crippen LogP contribution is 2.32. The number of nitrogens with one attached hydrogen (secondary N) is 1. The molecule has 1 heterocycles. The van der Waals surface area contributed by atoms with E-state index in [9.17, 15) is 0 Å². The summed E-state index contributed by atoms with van der Waals surface area (Å²) in [5.74, 6) is 0.788. The van der Waals surface area contributed by atoms with E-state index < -0.39 is 0 Å². The monoisotopic (exact) mass is 338 g/mol. The average molecular weight is 339 g/mol. The van der Waals surface area contributed by atoms with Crippen LogP contribution in [-0.4, -0.2) is 18.6 Å². The molecule has 1 fully saturated rings. The molecule has 0 bridgehead atoms. The van der Waals surface area contributed by atoms with Gasteiger partial charge in [0.2, 0.25) is 0 Å². The molecule has 0 aliphatic carbocycles. The molecule has 20 heavy (non-hydrogen) atoms. The van der Waals surface area contributed by atoms with Gasteiger partial charge >= 0.3 is 0 Å². The van der Waals surface area contributed by atoms with Gasteiger partial charge in [-0.05, 0) is 43.4 Å². The van der Waals surface area contributed by atoms with Gasteiger partial charge in [0, 0.05) is 35.3 Å². The summed E-state index contributed by atoms with van der Waals surface area (Å²) in [6, 6.07) is 7.84. The zero-order valence-corrected chi connectivity index (χ0v) is 14.7. The zero-order chi connectivity index (χ0) is 14.7. The number of rotatable bonds is 4. The van der Waals surface area contributed by atoms with Crippen LogP contribution in [-0.2, 0) is 6.54 Å². The van der Waals surface area contributed by atoms with Crippen molar-refractivity contribution in [3.63, 3.8) is 0 Å². The first-order valence-corrected chi connectivity index (χ1v) is 8.55. The minimum Gasteiger partial charge on any atom is -0.368 e. The summed E-state index contributed by atoms with van der Waals surface area (Å²) in [4.78, 5) is 2.59. The molecule has 1 aromatic carbocycles. The predicted octanol–water partition coefficient (Wildman–Crippen LogP) is 4.57. The van der Waals surface area contributed by atoms with E-state index >= 15 is 0 Å². The lowest BCUT2D eigenvalue weighted by Crippen LogP contribution is -2.41. The first-order valence-electron chi connectivity index (χ1n) is 7.75. The Morgan fingerprint density at radius 1 is 1.30 bits per heavy atom. The SMILES string of the molecule is CC1CCC(C)N(c2cc(Br)ccc2CNC(C)C)C1. The first kappa shape index (κ1) is 15.8. The largest absolute Gasteiger partial charge is 0.368 e. The molecule has 1 aromatic rings. The summed E-state index contributed by atoms with van der Waals surface area (Å²) in [5, 5.41) is 3.54. The number of anilines is 1. The highest BCUT2D eigenvalue weighted by molar-refractivity contribution is 9.10. The van der Waals surface area contributed by atoms with E-state index in [1.165, 1.54) is 35.1 Å². The van der Waals surface area contributed by atoms with Gasteiger partial charge < -0.3 is 10.2 Å². The molecule has 1 N–H and O–H groups in total. The second kappa shape index (κ2) is 6.95. The number of piperidine rings is 1. The molecule has 0 spiro atoms. The van der Waals surface area contributed by atoms with Crippen LogP contribution >= 0.6 is 15.9 Å². The summed E-state index contributed by atoms with van der Waals surface area (Å²) in [6.45, 7) is 11.2. The average Bonchev–Trinajstić information content (AvgIpc) is 2.40. The fraction of sp³-hybridized carbons (Fsp3) is 0.647. The van der Waals surface area contributed by atoms with Gasteiger partial charge in [0.1, 0.15) is 0 Å². The van der Waals surface area contributed by atoms with E-state index in [0.717, 1.165) is 12.5 Å². The lowest BCUT2D eigenvalue weighted by atomic mass is 9.93. The van der Waals surface area contributed by atoms with Gasteiger partial charge in [-0.15, -0.1) is 0 Å². The summed E-state index contributed by atoms with van der Waals surface area (Å²) >= 11 is 3.63. The summed E-state index contributed by atoms with van der Waals surface area (Å²) in [7, 11) is 0. The van der Waals surface area contributed by atoms with Crippen molar-refractivity contribution in [1.82, 2.24) is 5.32 Å². The molecule has 2 nitrogen and oxygen atoms in total. The molecule has 112 valence electrons. The van der Waals surface area contributed by atoms with Crippen molar-refractivity contribution >= 4 is 21.6 Å². The van der Waals surface area contributed by atoms with E-state index in [0.29, 0.717) is 12.1 Å². The number of hydrogen-bond acceptors (Lipinski definition) is 2. The summed E-state index contributed by atoms with van der Waals surface area (Å²) in [6.07, 6.45) is 2.65. The van der Waals surface area contributed by atoms with Gasteiger partial charge in [0.25, 0.3) is 0 Å².